The average Bonchev–Trinajstić information content (AvgIpc) is 2.10. The van der Waals surface area contributed by atoms with Crippen molar-refractivity contribution < 1.29 is 14.6 Å². The molecule has 2 atom stereocenters. The largest absolute Gasteiger partial charge is 0.415 e. The molecule has 3 nitrogen and oxygen atoms in total. The number of aliphatic hydroxyl groups excluding tert-OH is 2. The lowest BCUT2D eigenvalue weighted by Gasteiger charge is -2.24. The molecule has 0 saturated heterocycles. The minimum atomic E-state index is -1.11. The molecule has 0 spiro atoms. The number of hydrogen-bond acceptors (Lipinski definition) is 3. The summed E-state index contributed by atoms with van der Waals surface area (Å²) in [4.78, 5) is 0. The van der Waals surface area contributed by atoms with Gasteiger partial charge in [0.1, 0.15) is 6.10 Å². The zero-order chi connectivity index (χ0) is 10.3. The highest BCUT2D eigenvalue weighted by Crippen LogP contribution is 2.10. The van der Waals surface area contributed by atoms with Crippen molar-refractivity contribution in [1.82, 2.24) is 0 Å². The summed E-state index contributed by atoms with van der Waals surface area (Å²) in [7, 11) is -1.11. The van der Waals surface area contributed by atoms with Crippen molar-refractivity contribution in [2.24, 2.45) is 0 Å². The van der Waals surface area contributed by atoms with E-state index in [1.807, 2.05) is 0 Å². The molecule has 0 aromatic heterocycles. The van der Waals surface area contributed by atoms with Crippen LogP contribution in [0.4, 0.5) is 0 Å². The molecule has 0 fully saturated rings. The second-order valence-electron chi connectivity index (χ2n) is 3.62. The van der Waals surface area contributed by atoms with Crippen LogP contribution in [0.2, 0.25) is 13.1 Å². The van der Waals surface area contributed by atoms with E-state index in [0.717, 1.165) is 19.3 Å². The van der Waals surface area contributed by atoms with E-state index in [-0.39, 0.29) is 12.7 Å². The highest BCUT2D eigenvalue weighted by molar-refractivity contribution is 6.48. The molecule has 0 saturated carbocycles. The van der Waals surface area contributed by atoms with Crippen molar-refractivity contribution >= 4 is 9.04 Å². The quantitative estimate of drug-likeness (QED) is 0.608. The molecule has 0 aliphatic carbocycles. The van der Waals surface area contributed by atoms with E-state index in [9.17, 15) is 5.11 Å². The lowest BCUT2D eigenvalue weighted by Crippen LogP contribution is -2.35. The molecule has 0 aromatic rings. The number of rotatable bonds is 7. The van der Waals surface area contributed by atoms with Gasteiger partial charge in [0.05, 0.1) is 12.7 Å². The van der Waals surface area contributed by atoms with Gasteiger partial charge >= 0.3 is 0 Å². The van der Waals surface area contributed by atoms with Gasteiger partial charge in [-0.05, 0) is 19.5 Å². The molecule has 80 valence electrons. The Morgan fingerprint density at radius 3 is 2.38 bits per heavy atom. The molecule has 2 N–H and O–H groups in total. The summed E-state index contributed by atoms with van der Waals surface area (Å²) in [6, 6.07) is 0. The first-order valence-electron chi connectivity index (χ1n) is 5.06. The van der Waals surface area contributed by atoms with E-state index in [2.05, 4.69) is 20.0 Å². The van der Waals surface area contributed by atoms with Crippen LogP contribution >= 0.6 is 0 Å². The molecule has 13 heavy (non-hydrogen) atoms. The molecule has 0 aliphatic rings. The lowest BCUT2D eigenvalue weighted by molar-refractivity contribution is -0.00605. The Morgan fingerprint density at radius 2 is 2.00 bits per heavy atom. The van der Waals surface area contributed by atoms with Crippen LogP contribution in [-0.2, 0) is 4.43 Å². The van der Waals surface area contributed by atoms with Crippen LogP contribution in [0, 0.1) is 0 Å². The summed E-state index contributed by atoms with van der Waals surface area (Å²) >= 11 is 0. The van der Waals surface area contributed by atoms with Crippen LogP contribution in [0.3, 0.4) is 0 Å². The third-order valence-electron chi connectivity index (χ3n) is 1.91. The molecule has 0 bridgehead atoms. The fourth-order valence-corrected chi connectivity index (χ4v) is 2.24. The lowest BCUT2D eigenvalue weighted by atomic mass is 10.1. The third kappa shape index (κ3) is 6.21. The molecule has 0 aromatic carbocycles. The van der Waals surface area contributed by atoms with Gasteiger partial charge < -0.3 is 14.6 Å². The minimum Gasteiger partial charge on any atom is -0.415 e. The van der Waals surface area contributed by atoms with Gasteiger partial charge in [-0.25, -0.2) is 0 Å². The maximum Gasteiger partial charge on any atom is 0.171 e. The molecule has 0 amide bonds. The standard InChI is InChI=1S/C9H22O3Si/c1-4-5-6-9(8(11)7-10)12-13(2)3/h8-11,13H,4-7H2,1-3H3. The molecule has 0 aliphatic heterocycles. The Hall–Kier alpha value is 0.0969. The number of unbranched alkanes of at least 4 members (excludes halogenated alkanes) is 1. The van der Waals surface area contributed by atoms with E-state index >= 15 is 0 Å². The van der Waals surface area contributed by atoms with Gasteiger partial charge in [0.2, 0.25) is 0 Å². The zero-order valence-corrected chi connectivity index (χ0v) is 10.0. The highest BCUT2D eigenvalue weighted by Gasteiger charge is 2.19. The normalized spacial score (nSPS) is 16.2. The van der Waals surface area contributed by atoms with Gasteiger partial charge in [0.15, 0.2) is 9.04 Å². The van der Waals surface area contributed by atoms with E-state index in [0.29, 0.717) is 0 Å². The topological polar surface area (TPSA) is 49.7 Å². The molecule has 0 heterocycles. The first-order valence-corrected chi connectivity index (χ1v) is 7.84. The fourth-order valence-electron chi connectivity index (χ4n) is 1.22. The first kappa shape index (κ1) is 13.1. The smallest absolute Gasteiger partial charge is 0.171 e. The highest BCUT2D eigenvalue weighted by atomic mass is 28.3. The van der Waals surface area contributed by atoms with Gasteiger partial charge in [-0.2, -0.15) is 0 Å². The summed E-state index contributed by atoms with van der Waals surface area (Å²) in [5, 5.41) is 18.2. The Bertz CT molecular complexity index is 119. The summed E-state index contributed by atoms with van der Waals surface area (Å²) in [5.41, 5.74) is 0. The molecular formula is C9H22O3Si. The van der Waals surface area contributed by atoms with Gasteiger partial charge in [0.25, 0.3) is 0 Å². The second-order valence-corrected chi connectivity index (χ2v) is 5.99. The maximum absolute atomic E-state index is 9.44. The number of hydrogen-bond donors (Lipinski definition) is 2. The zero-order valence-electron chi connectivity index (χ0n) is 8.86. The van der Waals surface area contributed by atoms with Crippen LogP contribution < -0.4 is 0 Å². The molecule has 0 rings (SSSR count). The minimum absolute atomic E-state index is 0.156. The molecule has 2 unspecified atom stereocenters. The van der Waals surface area contributed by atoms with Gasteiger partial charge in [-0.1, -0.05) is 19.8 Å². The number of aliphatic hydroxyl groups is 2. The fraction of sp³-hybridized carbons (Fsp3) is 1.00. The van der Waals surface area contributed by atoms with Crippen molar-refractivity contribution in [3.63, 3.8) is 0 Å². The Morgan fingerprint density at radius 1 is 1.38 bits per heavy atom. The summed E-state index contributed by atoms with van der Waals surface area (Å²) in [6.07, 6.45) is 2.13. The van der Waals surface area contributed by atoms with Crippen LogP contribution in [0.25, 0.3) is 0 Å². The summed E-state index contributed by atoms with van der Waals surface area (Å²) < 4.78 is 5.63. The van der Waals surface area contributed by atoms with Crippen molar-refractivity contribution in [1.29, 1.82) is 0 Å². The van der Waals surface area contributed by atoms with Crippen molar-refractivity contribution in [2.45, 2.75) is 51.5 Å². The Labute approximate surface area is 82.5 Å². The SMILES string of the molecule is CCCCC(O[SiH](C)C)C(O)CO. The van der Waals surface area contributed by atoms with E-state index in [1.165, 1.54) is 0 Å². The first-order chi connectivity index (χ1) is 6.11. The Kier molecular flexibility index (Phi) is 7.55. The van der Waals surface area contributed by atoms with E-state index < -0.39 is 15.1 Å². The molecule has 0 radical (unpaired) electrons. The van der Waals surface area contributed by atoms with Gasteiger partial charge in [-0.15, -0.1) is 0 Å². The van der Waals surface area contributed by atoms with Crippen molar-refractivity contribution in [2.75, 3.05) is 6.61 Å². The monoisotopic (exact) mass is 206 g/mol. The molecule has 4 heteroatoms. The van der Waals surface area contributed by atoms with Gasteiger partial charge in [0, 0.05) is 0 Å². The van der Waals surface area contributed by atoms with E-state index in [4.69, 9.17) is 9.53 Å². The molecular weight excluding hydrogens is 184 g/mol. The second kappa shape index (κ2) is 7.50. The van der Waals surface area contributed by atoms with Crippen molar-refractivity contribution in [3.8, 4) is 0 Å². The Balaban J connectivity index is 3.87. The summed E-state index contributed by atoms with van der Waals surface area (Å²) in [6.45, 7) is 6.05. The summed E-state index contributed by atoms with van der Waals surface area (Å²) in [5.74, 6) is 0. The third-order valence-corrected chi connectivity index (χ3v) is 2.80. The van der Waals surface area contributed by atoms with Crippen LogP contribution in [-0.4, -0.2) is 38.1 Å². The maximum atomic E-state index is 9.44. The van der Waals surface area contributed by atoms with Gasteiger partial charge in [-0.3, -0.25) is 0 Å². The van der Waals surface area contributed by atoms with E-state index in [1.54, 1.807) is 0 Å². The van der Waals surface area contributed by atoms with Crippen molar-refractivity contribution in [3.05, 3.63) is 0 Å². The van der Waals surface area contributed by atoms with Crippen LogP contribution in [0.1, 0.15) is 26.2 Å². The van der Waals surface area contributed by atoms with Crippen LogP contribution in [0.15, 0.2) is 0 Å². The average molecular weight is 206 g/mol. The van der Waals surface area contributed by atoms with Crippen LogP contribution in [0.5, 0.6) is 0 Å². The predicted molar refractivity (Wildman–Crippen MR) is 56.4 cm³/mol. The predicted octanol–water partition coefficient (Wildman–Crippen LogP) is 0.898.